The Bertz CT molecular complexity index is 761. The van der Waals surface area contributed by atoms with Gasteiger partial charge in [0.25, 0.3) is 0 Å². The molecule has 0 bridgehead atoms. The van der Waals surface area contributed by atoms with E-state index in [9.17, 15) is 9.90 Å². The van der Waals surface area contributed by atoms with Crippen molar-refractivity contribution in [1.29, 1.82) is 0 Å². The number of carbonyl (C=O) groups excluding carboxylic acids is 1. The number of phenols is 1. The average Bonchev–Trinajstić information content (AvgIpc) is 2.61. The lowest BCUT2D eigenvalue weighted by atomic mass is 10.0. The van der Waals surface area contributed by atoms with Gasteiger partial charge in [-0.15, -0.1) is 0 Å². The highest BCUT2D eigenvalue weighted by Crippen LogP contribution is 2.33. The first-order chi connectivity index (χ1) is 12.1. The van der Waals surface area contributed by atoms with Crippen LogP contribution in [-0.4, -0.2) is 46.8 Å². The van der Waals surface area contributed by atoms with Gasteiger partial charge in [0, 0.05) is 42.8 Å². The predicted molar refractivity (Wildman–Crippen MR) is 96.9 cm³/mol. The number of phenolic OH excluding ortho intramolecular Hbond substituents is 1. The number of amides is 1. The molecule has 1 fully saturated rings. The van der Waals surface area contributed by atoms with Gasteiger partial charge in [0.1, 0.15) is 11.3 Å². The predicted octanol–water partition coefficient (Wildman–Crippen LogP) is 3.30. The Morgan fingerprint density at radius 2 is 2.24 bits per heavy atom. The van der Waals surface area contributed by atoms with Gasteiger partial charge in [-0.3, -0.25) is 9.88 Å². The van der Waals surface area contributed by atoms with Crippen LogP contribution in [0.25, 0.3) is 10.9 Å². The Hall–Kier alpha value is -2.05. The molecule has 2 aromatic rings. The molecule has 0 atom stereocenters. The number of nitrogens with zero attached hydrogens (tertiary/aromatic N) is 2. The van der Waals surface area contributed by atoms with Crippen LogP contribution in [-0.2, 0) is 11.3 Å². The zero-order valence-electron chi connectivity index (χ0n) is 14.2. The Balaban J connectivity index is 1.64. The van der Waals surface area contributed by atoms with E-state index in [0.29, 0.717) is 23.7 Å². The molecule has 1 amide bonds. The lowest BCUT2D eigenvalue weighted by Crippen LogP contribution is -2.44. The molecule has 1 aliphatic heterocycles. The number of halogens is 1. The molecule has 0 radical (unpaired) electrons. The normalized spacial score (nSPS) is 16.1. The standard InChI is InChI=1S/C18H22ClN3O3/c1-2-25-18(24)21-13-5-8-22(9-6-13)11-12-10-15(19)14-4-3-7-20-16(14)17(12)23/h3-4,7,10,13,23H,2,5-6,8-9,11H2,1H3,(H,21,24). The van der Waals surface area contributed by atoms with Crippen LogP contribution in [0.1, 0.15) is 25.3 Å². The second-order valence-corrected chi connectivity index (χ2v) is 6.59. The van der Waals surface area contributed by atoms with E-state index >= 15 is 0 Å². The quantitative estimate of drug-likeness (QED) is 0.871. The maximum Gasteiger partial charge on any atom is 0.407 e. The summed E-state index contributed by atoms with van der Waals surface area (Å²) in [6.45, 7) is 4.42. The fourth-order valence-electron chi connectivity index (χ4n) is 3.17. The largest absolute Gasteiger partial charge is 0.505 e. The summed E-state index contributed by atoms with van der Waals surface area (Å²) in [6, 6.07) is 5.59. The van der Waals surface area contributed by atoms with E-state index in [1.807, 2.05) is 12.1 Å². The summed E-state index contributed by atoms with van der Waals surface area (Å²) < 4.78 is 4.92. The van der Waals surface area contributed by atoms with Crippen LogP contribution in [0, 0.1) is 0 Å². The molecular formula is C18H22ClN3O3. The van der Waals surface area contributed by atoms with Crippen molar-refractivity contribution in [2.75, 3.05) is 19.7 Å². The third kappa shape index (κ3) is 4.14. The molecule has 2 N–H and O–H groups in total. The van der Waals surface area contributed by atoms with Crippen LogP contribution >= 0.6 is 11.6 Å². The molecule has 0 saturated carbocycles. The molecule has 0 unspecified atom stereocenters. The number of hydrogen-bond acceptors (Lipinski definition) is 5. The molecular weight excluding hydrogens is 342 g/mol. The molecule has 0 spiro atoms. The average molecular weight is 364 g/mol. The lowest BCUT2D eigenvalue weighted by molar-refractivity contribution is 0.135. The van der Waals surface area contributed by atoms with E-state index < -0.39 is 0 Å². The number of rotatable bonds is 4. The highest BCUT2D eigenvalue weighted by molar-refractivity contribution is 6.35. The van der Waals surface area contributed by atoms with Crippen LogP contribution in [0.2, 0.25) is 5.02 Å². The number of aromatic nitrogens is 1. The molecule has 1 aromatic carbocycles. The minimum Gasteiger partial charge on any atom is -0.505 e. The number of carbonyl (C=O) groups is 1. The molecule has 25 heavy (non-hydrogen) atoms. The second-order valence-electron chi connectivity index (χ2n) is 6.18. The first-order valence-electron chi connectivity index (χ1n) is 8.49. The van der Waals surface area contributed by atoms with Crippen LogP contribution in [0.5, 0.6) is 5.75 Å². The minimum absolute atomic E-state index is 0.130. The summed E-state index contributed by atoms with van der Waals surface area (Å²) in [6.07, 6.45) is 2.98. The smallest absolute Gasteiger partial charge is 0.407 e. The van der Waals surface area contributed by atoms with Crippen LogP contribution in [0.15, 0.2) is 24.4 Å². The summed E-state index contributed by atoms with van der Waals surface area (Å²) in [7, 11) is 0. The van der Waals surface area contributed by atoms with E-state index in [0.717, 1.165) is 36.9 Å². The number of likely N-dealkylation sites (tertiary alicyclic amines) is 1. The number of ether oxygens (including phenoxy) is 1. The van der Waals surface area contributed by atoms with E-state index in [-0.39, 0.29) is 17.9 Å². The first-order valence-corrected chi connectivity index (χ1v) is 8.87. The van der Waals surface area contributed by atoms with Crippen molar-refractivity contribution < 1.29 is 14.6 Å². The molecule has 1 aromatic heterocycles. The van der Waals surface area contributed by atoms with E-state index in [4.69, 9.17) is 16.3 Å². The molecule has 2 heterocycles. The summed E-state index contributed by atoms with van der Waals surface area (Å²) in [5.74, 6) is 0.187. The fourth-order valence-corrected chi connectivity index (χ4v) is 3.46. The molecule has 6 nitrogen and oxygen atoms in total. The Morgan fingerprint density at radius 1 is 1.48 bits per heavy atom. The number of hydrogen-bond donors (Lipinski definition) is 2. The van der Waals surface area contributed by atoms with Crippen molar-refractivity contribution in [1.82, 2.24) is 15.2 Å². The van der Waals surface area contributed by atoms with Gasteiger partial charge in [-0.1, -0.05) is 11.6 Å². The molecule has 134 valence electrons. The van der Waals surface area contributed by atoms with Gasteiger partial charge in [-0.25, -0.2) is 4.79 Å². The summed E-state index contributed by atoms with van der Waals surface area (Å²) in [5.41, 5.74) is 1.30. The van der Waals surface area contributed by atoms with Gasteiger partial charge in [0.2, 0.25) is 0 Å². The van der Waals surface area contributed by atoms with E-state index in [1.165, 1.54) is 0 Å². The van der Waals surface area contributed by atoms with Crippen molar-refractivity contribution in [3.63, 3.8) is 0 Å². The van der Waals surface area contributed by atoms with Gasteiger partial charge < -0.3 is 15.2 Å². The van der Waals surface area contributed by atoms with Crippen molar-refractivity contribution in [3.05, 3.63) is 35.0 Å². The maximum absolute atomic E-state index is 11.5. The van der Waals surface area contributed by atoms with Gasteiger partial charge in [0.05, 0.1) is 11.6 Å². The summed E-state index contributed by atoms with van der Waals surface area (Å²) in [5, 5.41) is 14.7. The highest BCUT2D eigenvalue weighted by Gasteiger charge is 2.22. The summed E-state index contributed by atoms with van der Waals surface area (Å²) >= 11 is 6.33. The number of fused-ring (bicyclic) bond motifs is 1. The van der Waals surface area contributed by atoms with Gasteiger partial charge in [-0.05, 0) is 38.0 Å². The van der Waals surface area contributed by atoms with Crippen molar-refractivity contribution in [2.45, 2.75) is 32.4 Å². The number of alkyl carbamates (subject to hydrolysis) is 1. The van der Waals surface area contributed by atoms with Crippen LogP contribution in [0.3, 0.4) is 0 Å². The molecule has 1 aliphatic rings. The first kappa shape index (κ1) is 17.8. The molecule has 3 rings (SSSR count). The molecule has 1 saturated heterocycles. The topological polar surface area (TPSA) is 74.7 Å². The molecule has 0 aliphatic carbocycles. The second kappa shape index (κ2) is 7.89. The van der Waals surface area contributed by atoms with Gasteiger partial charge >= 0.3 is 6.09 Å². The highest BCUT2D eigenvalue weighted by atomic mass is 35.5. The number of piperidine rings is 1. The number of pyridine rings is 1. The zero-order chi connectivity index (χ0) is 17.8. The third-order valence-corrected chi connectivity index (χ3v) is 4.79. The van der Waals surface area contributed by atoms with Crippen molar-refractivity contribution >= 4 is 28.6 Å². The minimum atomic E-state index is -0.356. The fraction of sp³-hybridized carbons (Fsp3) is 0.444. The zero-order valence-corrected chi connectivity index (χ0v) is 14.9. The Kier molecular flexibility index (Phi) is 5.60. The molecule has 7 heteroatoms. The third-order valence-electron chi connectivity index (χ3n) is 4.47. The number of benzene rings is 1. The van der Waals surface area contributed by atoms with Crippen molar-refractivity contribution in [2.24, 2.45) is 0 Å². The maximum atomic E-state index is 11.5. The lowest BCUT2D eigenvalue weighted by Gasteiger charge is -2.32. The van der Waals surface area contributed by atoms with E-state index in [1.54, 1.807) is 19.2 Å². The number of nitrogens with one attached hydrogen (secondary N) is 1. The Morgan fingerprint density at radius 3 is 2.96 bits per heavy atom. The summed E-state index contributed by atoms with van der Waals surface area (Å²) in [4.78, 5) is 18.0. The Labute approximate surface area is 151 Å². The SMILES string of the molecule is CCOC(=O)NC1CCN(Cc2cc(Cl)c3cccnc3c2O)CC1. The van der Waals surface area contributed by atoms with Crippen LogP contribution < -0.4 is 5.32 Å². The van der Waals surface area contributed by atoms with Crippen LogP contribution in [0.4, 0.5) is 4.79 Å². The number of aromatic hydroxyl groups is 1. The van der Waals surface area contributed by atoms with Gasteiger partial charge in [0.15, 0.2) is 0 Å². The van der Waals surface area contributed by atoms with E-state index in [2.05, 4.69) is 15.2 Å². The van der Waals surface area contributed by atoms with Gasteiger partial charge in [-0.2, -0.15) is 0 Å². The monoisotopic (exact) mass is 363 g/mol. The van der Waals surface area contributed by atoms with Crippen molar-refractivity contribution in [3.8, 4) is 5.75 Å².